The summed E-state index contributed by atoms with van der Waals surface area (Å²) in [5.41, 5.74) is -0.440. The van der Waals surface area contributed by atoms with Crippen LogP contribution in [0.15, 0.2) is 29.3 Å². The van der Waals surface area contributed by atoms with E-state index in [9.17, 15) is 22.4 Å². The molecular weight excluding hydrogens is 494 g/mol. The molecule has 7 nitrogen and oxygen atoms in total. The highest BCUT2D eigenvalue weighted by atomic mass is 19.4. The second-order valence-electron chi connectivity index (χ2n) is 10.5. The van der Waals surface area contributed by atoms with Crippen molar-refractivity contribution in [2.75, 3.05) is 19.8 Å². The minimum absolute atomic E-state index is 0.0528. The molecule has 1 aromatic carbocycles. The average molecular weight is 528 g/mol. The van der Waals surface area contributed by atoms with Gasteiger partial charge in [-0.15, -0.1) is 0 Å². The predicted octanol–water partition coefficient (Wildman–Crippen LogP) is 4.57. The van der Waals surface area contributed by atoms with Crippen LogP contribution in [0.5, 0.6) is 5.75 Å². The Balaban J connectivity index is 1.73. The van der Waals surface area contributed by atoms with Crippen LogP contribution in [0.1, 0.15) is 61.6 Å². The highest BCUT2D eigenvalue weighted by Crippen LogP contribution is 2.33. The van der Waals surface area contributed by atoms with Gasteiger partial charge in [0.15, 0.2) is 5.49 Å². The van der Waals surface area contributed by atoms with Gasteiger partial charge in [-0.1, -0.05) is 20.8 Å². The first-order valence-corrected chi connectivity index (χ1v) is 12.4. The van der Waals surface area contributed by atoms with Gasteiger partial charge >= 0.3 is 6.18 Å². The van der Waals surface area contributed by atoms with Gasteiger partial charge in [0.2, 0.25) is 0 Å². The van der Waals surface area contributed by atoms with Crippen LogP contribution in [0, 0.1) is 0 Å². The summed E-state index contributed by atoms with van der Waals surface area (Å²) in [6.07, 6.45) is -4.80. The molecule has 2 fully saturated rings. The van der Waals surface area contributed by atoms with Gasteiger partial charge in [0.25, 0.3) is 5.91 Å². The molecule has 0 unspecified atom stereocenters. The van der Waals surface area contributed by atoms with Gasteiger partial charge in [0.1, 0.15) is 24.6 Å². The molecule has 0 aliphatic carbocycles. The second kappa shape index (κ2) is 10.6. The third-order valence-corrected chi connectivity index (χ3v) is 6.70. The lowest BCUT2D eigenvalue weighted by Crippen LogP contribution is -2.30. The first kappa shape index (κ1) is 27.4. The van der Waals surface area contributed by atoms with E-state index in [1.165, 1.54) is 0 Å². The van der Waals surface area contributed by atoms with Crippen LogP contribution < -0.4 is 10.2 Å². The Labute approximate surface area is 213 Å². The molecule has 3 heterocycles. The number of carbonyl (C=O) groups is 1. The van der Waals surface area contributed by atoms with E-state index >= 15 is 0 Å². The van der Waals surface area contributed by atoms with Crippen LogP contribution in [0.3, 0.4) is 0 Å². The number of ether oxygens (including phenoxy) is 3. The topological polar surface area (TPSA) is 67.0 Å². The molecule has 204 valence electrons. The molecule has 2 aliphatic heterocycles. The number of rotatable bonds is 6. The zero-order valence-corrected chi connectivity index (χ0v) is 21.5. The summed E-state index contributed by atoms with van der Waals surface area (Å²) in [5.74, 6) is -1.00. The SMILES string of the molecule is Cn1c(C(C)(C)C)c/c(=N\C(=O)c2cc(C(F)(F)F)ccc2OC[C@H]2OCC[C@H]2F)n1C[C@H]1CCCO1. The lowest BCUT2D eigenvalue weighted by molar-refractivity contribution is -0.137. The van der Waals surface area contributed by atoms with E-state index in [1.807, 2.05) is 37.2 Å². The Morgan fingerprint density at radius 3 is 2.49 bits per heavy atom. The first-order chi connectivity index (χ1) is 17.3. The smallest absolute Gasteiger partial charge is 0.416 e. The van der Waals surface area contributed by atoms with Gasteiger partial charge < -0.3 is 14.2 Å². The number of benzene rings is 1. The van der Waals surface area contributed by atoms with Gasteiger partial charge in [-0.05, 0) is 31.0 Å². The molecule has 0 saturated carbocycles. The summed E-state index contributed by atoms with van der Waals surface area (Å²) in [4.78, 5) is 17.6. The third-order valence-electron chi connectivity index (χ3n) is 6.70. The Hall–Kier alpha value is -2.66. The molecular formula is C26H33F4N3O4. The molecule has 2 aromatic rings. The number of hydrogen-bond acceptors (Lipinski definition) is 4. The van der Waals surface area contributed by atoms with Crippen molar-refractivity contribution in [2.24, 2.45) is 12.0 Å². The zero-order valence-electron chi connectivity index (χ0n) is 21.5. The van der Waals surface area contributed by atoms with Crippen molar-refractivity contribution in [1.82, 2.24) is 9.36 Å². The Kier molecular flexibility index (Phi) is 7.85. The molecule has 0 bridgehead atoms. The van der Waals surface area contributed by atoms with E-state index in [0.717, 1.165) is 36.7 Å². The highest BCUT2D eigenvalue weighted by Gasteiger charge is 2.33. The van der Waals surface area contributed by atoms with Crippen molar-refractivity contribution in [3.8, 4) is 5.75 Å². The Bertz CT molecular complexity index is 1190. The van der Waals surface area contributed by atoms with Crippen molar-refractivity contribution in [2.45, 2.75) is 76.5 Å². The van der Waals surface area contributed by atoms with Gasteiger partial charge in [-0.3, -0.25) is 14.2 Å². The number of hydrogen-bond donors (Lipinski definition) is 0. The number of halogens is 4. The van der Waals surface area contributed by atoms with E-state index in [4.69, 9.17) is 14.2 Å². The van der Waals surface area contributed by atoms with Crippen LogP contribution >= 0.6 is 0 Å². The fraction of sp³-hybridized carbons (Fsp3) is 0.615. The van der Waals surface area contributed by atoms with Crippen LogP contribution in [0.25, 0.3) is 0 Å². The largest absolute Gasteiger partial charge is 0.490 e. The van der Waals surface area contributed by atoms with Crippen molar-refractivity contribution in [3.05, 3.63) is 46.6 Å². The number of amides is 1. The summed E-state index contributed by atoms with van der Waals surface area (Å²) in [5, 5.41) is 0. The molecule has 2 saturated heterocycles. The van der Waals surface area contributed by atoms with Crippen LogP contribution in [0.4, 0.5) is 17.6 Å². The second-order valence-corrected chi connectivity index (χ2v) is 10.5. The third kappa shape index (κ3) is 6.26. The number of nitrogens with zero attached hydrogens (tertiary/aromatic N) is 3. The molecule has 3 atom stereocenters. The van der Waals surface area contributed by atoms with Crippen molar-refractivity contribution >= 4 is 5.91 Å². The monoisotopic (exact) mass is 527 g/mol. The molecule has 0 spiro atoms. The minimum Gasteiger partial charge on any atom is -0.490 e. The van der Waals surface area contributed by atoms with Crippen molar-refractivity contribution in [3.63, 3.8) is 0 Å². The fourth-order valence-electron chi connectivity index (χ4n) is 4.67. The molecule has 2 aliphatic rings. The van der Waals surface area contributed by atoms with Gasteiger partial charge in [0, 0.05) is 37.3 Å². The highest BCUT2D eigenvalue weighted by molar-refractivity contribution is 5.97. The summed E-state index contributed by atoms with van der Waals surface area (Å²) in [6.45, 7) is 7.17. The van der Waals surface area contributed by atoms with Crippen LogP contribution in [-0.2, 0) is 34.7 Å². The zero-order chi connectivity index (χ0) is 27.0. The molecule has 4 rings (SSSR count). The standard InChI is InChI=1S/C26H33F4N3O4/c1-25(2,3)22-13-23(33(32(22)4)14-17-6-5-10-35-17)31-24(34)18-12-16(26(28,29)30)7-8-20(18)37-15-21-19(27)9-11-36-21/h7-8,12-13,17,19,21H,5-6,9-11,14-15H2,1-4H3/b31-23+/t17-,19-,21-/m1/s1. The summed E-state index contributed by atoms with van der Waals surface area (Å²) in [6, 6.07) is 4.38. The van der Waals surface area contributed by atoms with Gasteiger partial charge in [0.05, 0.1) is 30.4 Å². The number of aromatic nitrogens is 2. The average Bonchev–Trinajstić information content (AvgIpc) is 3.54. The van der Waals surface area contributed by atoms with Crippen LogP contribution in [-0.4, -0.2) is 53.5 Å². The number of alkyl halides is 4. The molecule has 0 N–H and O–H groups in total. The van der Waals surface area contributed by atoms with Gasteiger partial charge in [-0.25, -0.2) is 4.39 Å². The van der Waals surface area contributed by atoms with E-state index in [1.54, 1.807) is 6.07 Å². The normalized spacial score (nSPS) is 23.1. The number of carbonyl (C=O) groups excluding carboxylic acids is 1. The Morgan fingerprint density at radius 2 is 1.89 bits per heavy atom. The molecule has 1 aromatic heterocycles. The lowest BCUT2D eigenvalue weighted by atomic mass is 9.92. The van der Waals surface area contributed by atoms with Crippen molar-refractivity contribution in [1.29, 1.82) is 0 Å². The van der Waals surface area contributed by atoms with E-state index in [0.29, 0.717) is 18.6 Å². The maximum Gasteiger partial charge on any atom is 0.416 e. The Morgan fingerprint density at radius 1 is 1.14 bits per heavy atom. The molecule has 37 heavy (non-hydrogen) atoms. The summed E-state index contributed by atoms with van der Waals surface area (Å²) < 4.78 is 74.7. The molecule has 11 heteroatoms. The van der Waals surface area contributed by atoms with Crippen molar-refractivity contribution < 1.29 is 36.6 Å². The maximum atomic E-state index is 14.0. The summed E-state index contributed by atoms with van der Waals surface area (Å²) in [7, 11) is 1.85. The summed E-state index contributed by atoms with van der Waals surface area (Å²) >= 11 is 0. The quantitative estimate of drug-likeness (QED) is 0.517. The lowest BCUT2D eigenvalue weighted by Gasteiger charge is -2.21. The van der Waals surface area contributed by atoms with Gasteiger partial charge in [-0.2, -0.15) is 18.2 Å². The van der Waals surface area contributed by atoms with Crippen LogP contribution in [0.2, 0.25) is 0 Å². The molecule has 1 amide bonds. The maximum absolute atomic E-state index is 14.0. The fourth-order valence-corrected chi connectivity index (χ4v) is 4.67. The predicted molar refractivity (Wildman–Crippen MR) is 127 cm³/mol. The van der Waals surface area contributed by atoms with E-state index < -0.39 is 29.9 Å². The first-order valence-electron chi connectivity index (χ1n) is 12.4. The molecule has 0 radical (unpaired) electrons. The minimum atomic E-state index is -4.67. The van der Waals surface area contributed by atoms with E-state index in [2.05, 4.69) is 4.99 Å². The van der Waals surface area contributed by atoms with E-state index in [-0.39, 0.29) is 42.5 Å².